The van der Waals surface area contributed by atoms with Gasteiger partial charge in [-0.15, -0.1) is 0 Å². The summed E-state index contributed by atoms with van der Waals surface area (Å²) < 4.78 is 5.94. The Morgan fingerprint density at radius 1 is 0.974 bits per heavy atom. The molecule has 3 heteroatoms. The molecule has 0 amide bonds. The molecule has 4 aliphatic rings. The average molecular weight is 551 g/mol. The molecule has 3 saturated carbocycles. The van der Waals surface area contributed by atoms with Crippen molar-refractivity contribution in [2.24, 2.45) is 46.3 Å². The second kappa shape index (κ2) is 11.9. The number of hydrogen-bond acceptors (Lipinski definition) is 3. The summed E-state index contributed by atoms with van der Waals surface area (Å²) in [6.07, 6.45) is 17.0. The van der Waals surface area contributed by atoms with E-state index in [1.54, 1.807) is 17.3 Å². The Bertz CT molecular complexity index is 1020. The third-order valence-corrected chi connectivity index (χ3v) is 13.2. The van der Waals surface area contributed by atoms with Gasteiger partial charge < -0.3 is 4.74 Å². The van der Waals surface area contributed by atoms with Gasteiger partial charge >= 0.3 is 0 Å². The summed E-state index contributed by atoms with van der Waals surface area (Å²) in [6.45, 7) is 14.5. The molecule has 0 bridgehead atoms. The molecule has 216 valence electrons. The first kappa shape index (κ1) is 29.3. The number of thioether (sulfide) groups is 1. The van der Waals surface area contributed by atoms with Gasteiger partial charge in [0.15, 0.2) is 6.10 Å². The Balaban J connectivity index is 1.21. The molecule has 0 radical (unpaired) electrons. The minimum absolute atomic E-state index is 0.176. The van der Waals surface area contributed by atoms with Crippen LogP contribution >= 0.6 is 11.8 Å². The molecular weight excluding hydrogens is 496 g/mol. The Kier molecular flexibility index (Phi) is 8.97. The minimum Gasteiger partial charge on any atom is -0.482 e. The zero-order chi connectivity index (χ0) is 27.8. The van der Waals surface area contributed by atoms with E-state index in [1.807, 2.05) is 37.3 Å². The topological polar surface area (TPSA) is 26.3 Å². The molecule has 0 aliphatic heterocycles. The minimum atomic E-state index is -0.408. The predicted molar refractivity (Wildman–Crippen MR) is 166 cm³/mol. The van der Waals surface area contributed by atoms with E-state index >= 15 is 0 Å². The maximum atomic E-state index is 13.0. The van der Waals surface area contributed by atoms with Crippen molar-refractivity contribution in [1.82, 2.24) is 0 Å². The van der Waals surface area contributed by atoms with Gasteiger partial charge in [-0.2, -0.15) is 0 Å². The highest BCUT2D eigenvalue weighted by Crippen LogP contribution is 2.67. The number of hydrogen-bond donors (Lipinski definition) is 0. The SMILES string of the molecule is CC(C)CCC[C@@H](C)[C@H]1CC[C@H]2[C@@H]3CC=C4C[C@H](SC(=O)[C@@H](C)Oc5ccccc5)CC[C@]4(C)[C@H]3CC[C@]12C. The Labute approximate surface area is 243 Å². The smallest absolute Gasteiger partial charge is 0.229 e. The highest BCUT2D eigenvalue weighted by atomic mass is 32.2. The van der Waals surface area contributed by atoms with Crippen molar-refractivity contribution >= 4 is 16.9 Å². The predicted octanol–water partition coefficient (Wildman–Crippen LogP) is 10.1. The van der Waals surface area contributed by atoms with Crippen LogP contribution in [0.25, 0.3) is 0 Å². The molecule has 0 N–H and O–H groups in total. The van der Waals surface area contributed by atoms with Crippen LogP contribution in [-0.2, 0) is 4.79 Å². The van der Waals surface area contributed by atoms with Crippen molar-refractivity contribution in [3.8, 4) is 5.75 Å². The lowest BCUT2D eigenvalue weighted by atomic mass is 9.47. The Morgan fingerprint density at radius 3 is 2.49 bits per heavy atom. The number of allylic oxidation sites excluding steroid dienone is 2. The van der Waals surface area contributed by atoms with Gasteiger partial charge in [0, 0.05) is 5.25 Å². The molecule has 2 nitrogen and oxygen atoms in total. The molecule has 4 aliphatic carbocycles. The number of para-hydroxylation sites is 1. The van der Waals surface area contributed by atoms with Gasteiger partial charge in [0.25, 0.3) is 0 Å². The fraction of sp³-hybridized carbons (Fsp3) is 0.750. The molecule has 0 heterocycles. The average Bonchev–Trinajstić information content (AvgIpc) is 3.26. The molecule has 0 saturated heterocycles. The van der Waals surface area contributed by atoms with Gasteiger partial charge in [0.05, 0.1) is 0 Å². The zero-order valence-electron chi connectivity index (χ0n) is 25.6. The van der Waals surface area contributed by atoms with E-state index in [0.717, 1.165) is 54.1 Å². The molecule has 1 aromatic carbocycles. The Hall–Kier alpha value is -1.22. The lowest BCUT2D eigenvalue weighted by molar-refractivity contribution is -0.116. The largest absolute Gasteiger partial charge is 0.482 e. The number of carbonyl (C=O) groups excluding carboxylic acids is 1. The molecule has 3 fully saturated rings. The quantitative estimate of drug-likeness (QED) is 0.286. The summed E-state index contributed by atoms with van der Waals surface area (Å²) in [5.41, 5.74) is 2.57. The second-order valence-electron chi connectivity index (χ2n) is 14.7. The highest BCUT2D eigenvalue weighted by Gasteiger charge is 2.59. The fourth-order valence-electron chi connectivity index (χ4n) is 9.76. The summed E-state index contributed by atoms with van der Waals surface area (Å²) in [6, 6.07) is 9.75. The summed E-state index contributed by atoms with van der Waals surface area (Å²) in [7, 11) is 0. The summed E-state index contributed by atoms with van der Waals surface area (Å²) in [5.74, 6) is 6.03. The summed E-state index contributed by atoms with van der Waals surface area (Å²) >= 11 is 1.55. The maximum Gasteiger partial charge on any atom is 0.229 e. The molecule has 0 unspecified atom stereocenters. The van der Waals surface area contributed by atoms with E-state index in [0.29, 0.717) is 16.1 Å². The van der Waals surface area contributed by atoms with Gasteiger partial charge in [-0.1, -0.05) is 95.5 Å². The van der Waals surface area contributed by atoms with Crippen LogP contribution in [0.4, 0.5) is 0 Å². The van der Waals surface area contributed by atoms with Crippen LogP contribution in [0.15, 0.2) is 42.0 Å². The van der Waals surface area contributed by atoms with Gasteiger partial charge in [0.2, 0.25) is 5.12 Å². The maximum absolute atomic E-state index is 13.0. The van der Waals surface area contributed by atoms with E-state index in [2.05, 4.69) is 40.7 Å². The van der Waals surface area contributed by atoms with Crippen LogP contribution in [0.5, 0.6) is 5.75 Å². The van der Waals surface area contributed by atoms with Crippen molar-refractivity contribution in [2.45, 2.75) is 124 Å². The number of fused-ring (bicyclic) bond motifs is 5. The monoisotopic (exact) mass is 550 g/mol. The van der Waals surface area contributed by atoms with E-state index in [4.69, 9.17) is 4.74 Å². The normalized spacial score (nSPS) is 37.3. The molecule has 9 atom stereocenters. The lowest BCUT2D eigenvalue weighted by Gasteiger charge is -2.58. The van der Waals surface area contributed by atoms with Crippen molar-refractivity contribution in [3.63, 3.8) is 0 Å². The third-order valence-electron chi connectivity index (χ3n) is 11.9. The fourth-order valence-corrected chi connectivity index (χ4v) is 10.8. The Morgan fingerprint density at radius 2 is 1.74 bits per heavy atom. The molecule has 1 aromatic rings. The van der Waals surface area contributed by atoms with Crippen molar-refractivity contribution in [1.29, 1.82) is 0 Å². The van der Waals surface area contributed by atoms with E-state index in [1.165, 1.54) is 57.8 Å². The van der Waals surface area contributed by atoms with Crippen LogP contribution in [0, 0.1) is 46.3 Å². The standard InChI is InChI=1S/C36H54O2S/c1-24(2)11-10-12-25(3)31-17-18-32-30-16-15-27-23-29(19-21-35(27,5)33(30)20-22-36(31,32)6)39-34(37)26(4)38-28-13-8-7-9-14-28/h7-9,13-15,24-26,29-33H,10-12,16-23H2,1-6H3/t25-,26-,29-,30+,31-,32+,33+,35+,36-/m1/s1. The van der Waals surface area contributed by atoms with Crippen molar-refractivity contribution in [2.75, 3.05) is 0 Å². The molecule has 0 spiro atoms. The second-order valence-corrected chi connectivity index (χ2v) is 16.0. The van der Waals surface area contributed by atoms with Crippen LogP contribution in [0.3, 0.4) is 0 Å². The van der Waals surface area contributed by atoms with Crippen LogP contribution in [0.1, 0.15) is 112 Å². The van der Waals surface area contributed by atoms with E-state index in [-0.39, 0.29) is 5.12 Å². The summed E-state index contributed by atoms with van der Waals surface area (Å²) in [5, 5.41) is 0.571. The van der Waals surface area contributed by atoms with Crippen LogP contribution in [0.2, 0.25) is 0 Å². The highest BCUT2D eigenvalue weighted by molar-refractivity contribution is 8.14. The summed E-state index contributed by atoms with van der Waals surface area (Å²) in [4.78, 5) is 13.0. The van der Waals surface area contributed by atoms with Gasteiger partial charge in [0.1, 0.15) is 5.75 Å². The molecule has 39 heavy (non-hydrogen) atoms. The van der Waals surface area contributed by atoms with E-state index in [9.17, 15) is 4.79 Å². The van der Waals surface area contributed by atoms with Crippen molar-refractivity contribution < 1.29 is 9.53 Å². The first-order chi connectivity index (χ1) is 18.6. The van der Waals surface area contributed by atoms with Gasteiger partial charge in [-0.25, -0.2) is 0 Å². The van der Waals surface area contributed by atoms with Crippen LogP contribution < -0.4 is 4.74 Å². The first-order valence-corrected chi connectivity index (χ1v) is 17.1. The van der Waals surface area contributed by atoms with Crippen molar-refractivity contribution in [3.05, 3.63) is 42.0 Å². The number of ether oxygens (including phenoxy) is 1. The zero-order valence-corrected chi connectivity index (χ0v) is 26.4. The number of benzene rings is 1. The lowest BCUT2D eigenvalue weighted by Crippen LogP contribution is -2.50. The third kappa shape index (κ3) is 5.91. The molecule has 5 rings (SSSR count). The van der Waals surface area contributed by atoms with Crippen LogP contribution in [-0.4, -0.2) is 16.5 Å². The van der Waals surface area contributed by atoms with Gasteiger partial charge in [-0.3, -0.25) is 4.79 Å². The number of rotatable bonds is 9. The van der Waals surface area contributed by atoms with E-state index < -0.39 is 6.10 Å². The first-order valence-electron chi connectivity index (χ1n) is 16.2. The molecule has 0 aromatic heterocycles. The molecular formula is C36H54O2S. The van der Waals surface area contributed by atoms with Gasteiger partial charge in [-0.05, 0) is 117 Å². The number of carbonyl (C=O) groups is 1.